The van der Waals surface area contributed by atoms with Gasteiger partial charge in [0.25, 0.3) is 0 Å². The Hall–Kier alpha value is -2.95. The number of nitrogens with zero attached hydrogens (tertiary/aromatic N) is 2. The summed E-state index contributed by atoms with van der Waals surface area (Å²) < 4.78 is 17.6. The number of hydrogen-bond donors (Lipinski definition) is 1. The van der Waals surface area contributed by atoms with E-state index >= 15 is 0 Å². The smallest absolute Gasteiger partial charge is 0.165 e. The largest absolute Gasteiger partial charge is 0.508 e. The van der Waals surface area contributed by atoms with Gasteiger partial charge in [-0.2, -0.15) is 0 Å². The fourth-order valence-corrected chi connectivity index (χ4v) is 8.02. The molecule has 3 aromatic carbocycles. The van der Waals surface area contributed by atoms with Gasteiger partial charge in [-0.3, -0.25) is 9.80 Å². The normalized spacial score (nSPS) is 14.3. The molecule has 2 heterocycles. The Morgan fingerprint density at radius 3 is 2.05 bits per heavy atom. The zero-order valence-electron chi connectivity index (χ0n) is 23.2. The van der Waals surface area contributed by atoms with E-state index in [0.29, 0.717) is 18.0 Å². The van der Waals surface area contributed by atoms with E-state index in [9.17, 15) is 5.11 Å². The molecule has 1 N–H and O–H groups in total. The van der Waals surface area contributed by atoms with Crippen LogP contribution in [0.4, 0.5) is 0 Å². The van der Waals surface area contributed by atoms with Crippen LogP contribution in [0.5, 0.6) is 23.0 Å². The highest BCUT2D eigenvalue weighted by Gasteiger charge is 2.22. The fraction of sp³-hybridized carbons (Fsp3) is 0.323. The molecule has 0 bridgehead atoms. The Morgan fingerprint density at radius 2 is 1.43 bits per heavy atom. The van der Waals surface area contributed by atoms with Crippen molar-refractivity contribution in [3.8, 4) is 44.6 Å². The molecule has 1 aliphatic rings. The minimum atomic E-state index is 0.329. The van der Waals surface area contributed by atoms with Crippen molar-refractivity contribution >= 4 is 32.9 Å². The lowest BCUT2D eigenvalue weighted by Gasteiger charge is -2.35. The molecule has 1 aromatic heterocycles. The fourth-order valence-electron chi connectivity index (χ4n) is 5.11. The predicted octanol–water partition coefficient (Wildman–Crippen LogP) is 7.23. The summed E-state index contributed by atoms with van der Waals surface area (Å²) in [6.07, 6.45) is 0. The van der Waals surface area contributed by atoms with Crippen molar-refractivity contribution in [2.45, 2.75) is 20.0 Å². The first-order valence-corrected chi connectivity index (χ1v) is 15.7. The molecule has 1 saturated heterocycles. The molecule has 210 valence electrons. The summed E-state index contributed by atoms with van der Waals surface area (Å²) in [4.78, 5) is 5.97. The predicted molar refractivity (Wildman–Crippen MR) is 167 cm³/mol. The summed E-state index contributed by atoms with van der Waals surface area (Å²) in [5.41, 5.74) is 6.55. The van der Waals surface area contributed by atoms with E-state index in [4.69, 9.17) is 26.4 Å². The number of hydrogen-bond acceptors (Lipinski definition) is 9. The number of phenolic OH excluding ortho intramolecular Hbond substituents is 1. The minimum Gasteiger partial charge on any atom is -0.508 e. The summed E-state index contributed by atoms with van der Waals surface area (Å²) in [6.45, 7) is 7.15. The SMILES string of the molecule is COc1cc(CN2CCN(Cc3cc(-c4ssc(=S)c4-c4ccc(C)cc4)ccc3O)CC2)c(OC)c(OC)c1. The highest BCUT2D eigenvalue weighted by Crippen LogP contribution is 2.42. The van der Waals surface area contributed by atoms with Crippen molar-refractivity contribution < 1.29 is 19.3 Å². The molecule has 5 rings (SSSR count). The Bertz CT molecular complexity index is 1520. The summed E-state index contributed by atoms with van der Waals surface area (Å²) in [5, 5.41) is 10.7. The van der Waals surface area contributed by atoms with E-state index in [1.54, 1.807) is 42.0 Å². The minimum absolute atomic E-state index is 0.329. The lowest BCUT2D eigenvalue weighted by molar-refractivity contribution is 0.120. The highest BCUT2D eigenvalue weighted by molar-refractivity contribution is 7.80. The third kappa shape index (κ3) is 6.19. The summed E-state index contributed by atoms with van der Waals surface area (Å²) in [5.74, 6) is 2.50. The van der Waals surface area contributed by atoms with Crippen LogP contribution in [0.1, 0.15) is 16.7 Å². The summed E-state index contributed by atoms with van der Waals surface area (Å²) in [7, 11) is 8.31. The van der Waals surface area contributed by atoms with Crippen LogP contribution in [-0.4, -0.2) is 62.4 Å². The van der Waals surface area contributed by atoms with Crippen molar-refractivity contribution in [3.05, 3.63) is 75.1 Å². The van der Waals surface area contributed by atoms with Crippen molar-refractivity contribution in [2.24, 2.45) is 0 Å². The Morgan fingerprint density at radius 1 is 0.775 bits per heavy atom. The quantitative estimate of drug-likeness (QED) is 0.162. The van der Waals surface area contributed by atoms with E-state index in [-0.39, 0.29) is 0 Å². The zero-order valence-corrected chi connectivity index (χ0v) is 25.7. The van der Waals surface area contributed by atoms with E-state index < -0.39 is 0 Å². The van der Waals surface area contributed by atoms with Crippen LogP contribution >= 0.6 is 32.9 Å². The number of piperazine rings is 1. The van der Waals surface area contributed by atoms with Crippen LogP contribution in [0, 0.1) is 10.7 Å². The third-order valence-electron chi connectivity index (χ3n) is 7.33. The first-order valence-electron chi connectivity index (χ1n) is 13.2. The molecule has 4 aromatic rings. The monoisotopic (exact) mass is 594 g/mol. The average Bonchev–Trinajstić information content (AvgIpc) is 3.36. The molecule has 0 amide bonds. The molecule has 40 heavy (non-hydrogen) atoms. The van der Waals surface area contributed by atoms with E-state index in [2.05, 4.69) is 47.1 Å². The lowest BCUT2D eigenvalue weighted by Crippen LogP contribution is -2.45. The molecule has 0 saturated carbocycles. The van der Waals surface area contributed by atoms with Gasteiger partial charge in [0, 0.05) is 62.0 Å². The van der Waals surface area contributed by atoms with Crippen LogP contribution < -0.4 is 14.2 Å². The molecule has 0 radical (unpaired) electrons. The van der Waals surface area contributed by atoms with Gasteiger partial charge in [-0.15, -0.1) is 0 Å². The molecule has 1 fully saturated rings. The van der Waals surface area contributed by atoms with Gasteiger partial charge in [0.2, 0.25) is 0 Å². The zero-order chi connectivity index (χ0) is 28.2. The van der Waals surface area contributed by atoms with E-state index in [1.807, 2.05) is 24.3 Å². The summed E-state index contributed by atoms with van der Waals surface area (Å²) >= 11 is 5.72. The average molecular weight is 595 g/mol. The molecule has 0 atom stereocenters. The van der Waals surface area contributed by atoms with Crippen LogP contribution in [0.25, 0.3) is 21.6 Å². The summed E-state index contributed by atoms with van der Waals surface area (Å²) in [6, 6.07) is 18.3. The number of benzene rings is 3. The standard InChI is InChI=1S/C31H34N2O4S3/c1-20-5-7-21(8-6-20)28-30(39-40-31(28)38)22-9-10-26(34)23(15-22)18-32-11-13-33(14-12-32)19-24-16-25(35-2)17-27(36-3)29(24)37-4/h5-10,15-17,34H,11-14,18-19H2,1-4H3. The van der Waals surface area contributed by atoms with E-state index in [0.717, 1.165) is 80.7 Å². The van der Waals surface area contributed by atoms with Crippen molar-refractivity contribution in [1.82, 2.24) is 9.80 Å². The van der Waals surface area contributed by atoms with Crippen LogP contribution in [-0.2, 0) is 13.1 Å². The van der Waals surface area contributed by atoms with Gasteiger partial charge in [0.1, 0.15) is 15.3 Å². The van der Waals surface area contributed by atoms with Gasteiger partial charge in [-0.05, 0) is 42.3 Å². The second kappa shape index (κ2) is 12.7. The van der Waals surface area contributed by atoms with Crippen molar-refractivity contribution in [2.75, 3.05) is 47.5 Å². The number of aryl methyl sites for hydroxylation is 1. The molecule has 0 spiro atoms. The van der Waals surface area contributed by atoms with Crippen LogP contribution in [0.2, 0.25) is 0 Å². The van der Waals surface area contributed by atoms with Crippen LogP contribution in [0.3, 0.4) is 0 Å². The number of ether oxygens (including phenoxy) is 3. The molecular weight excluding hydrogens is 561 g/mol. The van der Waals surface area contributed by atoms with Gasteiger partial charge in [0.05, 0.1) is 26.2 Å². The number of phenols is 1. The molecule has 6 nitrogen and oxygen atoms in total. The van der Waals surface area contributed by atoms with E-state index in [1.165, 1.54) is 5.56 Å². The molecule has 0 unspecified atom stereocenters. The maximum absolute atomic E-state index is 10.7. The first kappa shape index (κ1) is 28.6. The van der Waals surface area contributed by atoms with Gasteiger partial charge in [0.15, 0.2) is 11.5 Å². The molecule has 0 aliphatic carbocycles. The van der Waals surface area contributed by atoms with Crippen LogP contribution in [0.15, 0.2) is 54.6 Å². The maximum Gasteiger partial charge on any atom is 0.165 e. The Labute approximate surface area is 248 Å². The molecule has 1 aliphatic heterocycles. The van der Waals surface area contributed by atoms with Gasteiger partial charge in [-0.25, -0.2) is 0 Å². The highest BCUT2D eigenvalue weighted by atomic mass is 32.9. The van der Waals surface area contributed by atoms with Gasteiger partial charge in [-0.1, -0.05) is 62.7 Å². The maximum atomic E-state index is 10.7. The molecule has 9 heteroatoms. The number of aromatic hydroxyl groups is 1. The Balaban J connectivity index is 1.29. The second-order valence-electron chi connectivity index (χ2n) is 9.94. The lowest BCUT2D eigenvalue weighted by atomic mass is 10.0. The first-order chi connectivity index (χ1) is 19.4. The third-order valence-corrected chi connectivity index (χ3v) is 10.4. The van der Waals surface area contributed by atoms with Crippen molar-refractivity contribution in [1.29, 1.82) is 0 Å². The topological polar surface area (TPSA) is 54.4 Å². The van der Waals surface area contributed by atoms with Gasteiger partial charge >= 0.3 is 0 Å². The van der Waals surface area contributed by atoms with Crippen molar-refractivity contribution in [3.63, 3.8) is 0 Å². The van der Waals surface area contributed by atoms with Gasteiger partial charge < -0.3 is 19.3 Å². The number of methoxy groups -OCH3 is 3. The molecular formula is C31H34N2O4S3. The Kier molecular flexibility index (Phi) is 9.07. The number of rotatable bonds is 9. The second-order valence-corrected chi connectivity index (χ2v) is 12.8.